The number of benzene rings is 1. The van der Waals surface area contributed by atoms with Gasteiger partial charge >= 0.3 is 0 Å². The van der Waals surface area contributed by atoms with Gasteiger partial charge in [0.05, 0.1) is 11.0 Å². The van der Waals surface area contributed by atoms with Crippen LogP contribution in [0.4, 0.5) is 0 Å². The largest absolute Gasteiger partial charge is 0.329 e. The molecule has 0 bridgehead atoms. The van der Waals surface area contributed by atoms with Crippen molar-refractivity contribution in [3.63, 3.8) is 0 Å². The Morgan fingerprint density at radius 2 is 2.42 bits per heavy atom. The van der Waals surface area contributed by atoms with Crippen LogP contribution in [0.5, 0.6) is 0 Å². The first kappa shape index (κ1) is 7.35. The van der Waals surface area contributed by atoms with E-state index in [0.29, 0.717) is 0 Å². The van der Waals surface area contributed by atoms with E-state index in [9.17, 15) is 0 Å². The molecule has 0 spiro atoms. The van der Waals surface area contributed by atoms with Gasteiger partial charge in [-0.3, -0.25) is 0 Å². The zero-order valence-corrected chi connectivity index (χ0v) is 7.33. The predicted octanol–water partition coefficient (Wildman–Crippen LogP) is 2.16. The van der Waals surface area contributed by atoms with Gasteiger partial charge in [-0.05, 0) is 32.0 Å². The van der Waals surface area contributed by atoms with Gasteiger partial charge in [0.1, 0.15) is 5.82 Å². The van der Waals surface area contributed by atoms with E-state index >= 15 is 0 Å². The zero-order valence-electron chi connectivity index (χ0n) is 7.33. The van der Waals surface area contributed by atoms with E-state index in [1.807, 2.05) is 19.1 Å². The molecule has 0 fully saturated rings. The highest BCUT2D eigenvalue weighted by Crippen LogP contribution is 2.14. The summed E-state index contributed by atoms with van der Waals surface area (Å²) in [6.45, 7) is 5.14. The maximum atomic E-state index is 4.42. The second-order valence-corrected chi connectivity index (χ2v) is 2.82. The lowest BCUT2D eigenvalue weighted by molar-refractivity contribution is 0.753. The van der Waals surface area contributed by atoms with E-state index in [1.165, 1.54) is 5.52 Å². The SMILES string of the molecule is CCn1c(C)nc2c[c]ccc21. The summed E-state index contributed by atoms with van der Waals surface area (Å²) >= 11 is 0. The van der Waals surface area contributed by atoms with Crippen LogP contribution >= 0.6 is 0 Å². The van der Waals surface area contributed by atoms with Crippen LogP contribution in [-0.4, -0.2) is 9.55 Å². The summed E-state index contributed by atoms with van der Waals surface area (Å²) in [5.74, 6) is 1.08. The van der Waals surface area contributed by atoms with Gasteiger partial charge in [0.2, 0.25) is 0 Å². The van der Waals surface area contributed by atoms with Crippen molar-refractivity contribution in [2.45, 2.75) is 20.4 Å². The molecule has 0 aliphatic heterocycles. The van der Waals surface area contributed by atoms with E-state index in [-0.39, 0.29) is 0 Å². The third-order valence-corrected chi connectivity index (χ3v) is 2.10. The molecule has 1 heterocycles. The number of hydrogen-bond acceptors (Lipinski definition) is 1. The maximum Gasteiger partial charge on any atom is 0.106 e. The molecule has 2 heteroatoms. The molecule has 2 rings (SSSR count). The van der Waals surface area contributed by atoms with Crippen molar-refractivity contribution in [2.75, 3.05) is 0 Å². The van der Waals surface area contributed by atoms with Crippen LogP contribution in [0.15, 0.2) is 18.2 Å². The molecule has 0 atom stereocenters. The molecule has 0 amide bonds. The molecule has 0 saturated heterocycles. The summed E-state index contributed by atoms with van der Waals surface area (Å²) in [6.07, 6.45) is 0. The topological polar surface area (TPSA) is 17.8 Å². The van der Waals surface area contributed by atoms with Gasteiger partial charge in [0.15, 0.2) is 0 Å². The normalized spacial score (nSPS) is 10.8. The first-order chi connectivity index (χ1) is 5.83. The van der Waals surface area contributed by atoms with Crippen LogP contribution in [0.25, 0.3) is 11.0 Å². The Kier molecular flexibility index (Phi) is 1.61. The number of fused-ring (bicyclic) bond motifs is 1. The summed E-state index contributed by atoms with van der Waals surface area (Å²) < 4.78 is 2.20. The van der Waals surface area contributed by atoms with E-state index in [0.717, 1.165) is 17.9 Å². The smallest absolute Gasteiger partial charge is 0.106 e. The number of hydrogen-bond donors (Lipinski definition) is 0. The fourth-order valence-electron chi connectivity index (χ4n) is 1.54. The number of aryl methyl sites for hydroxylation is 2. The van der Waals surface area contributed by atoms with Crippen molar-refractivity contribution >= 4 is 11.0 Å². The highest BCUT2D eigenvalue weighted by molar-refractivity contribution is 5.75. The van der Waals surface area contributed by atoms with E-state index in [1.54, 1.807) is 0 Å². The molecule has 0 aliphatic rings. The van der Waals surface area contributed by atoms with Gasteiger partial charge < -0.3 is 4.57 Å². The van der Waals surface area contributed by atoms with Gasteiger partial charge in [-0.2, -0.15) is 0 Å². The third-order valence-electron chi connectivity index (χ3n) is 2.10. The van der Waals surface area contributed by atoms with Crippen LogP contribution in [0.1, 0.15) is 12.7 Å². The highest BCUT2D eigenvalue weighted by atomic mass is 15.1. The van der Waals surface area contributed by atoms with Gasteiger partial charge in [0.25, 0.3) is 0 Å². The van der Waals surface area contributed by atoms with Crippen molar-refractivity contribution in [3.05, 3.63) is 30.1 Å². The Balaban J connectivity index is 2.81. The quantitative estimate of drug-likeness (QED) is 0.623. The van der Waals surface area contributed by atoms with Crippen molar-refractivity contribution in [3.8, 4) is 0 Å². The van der Waals surface area contributed by atoms with Crippen LogP contribution in [0.3, 0.4) is 0 Å². The van der Waals surface area contributed by atoms with Crippen LogP contribution < -0.4 is 0 Å². The minimum atomic E-state index is 0.979. The summed E-state index contributed by atoms with van der Waals surface area (Å²) in [5, 5.41) is 0. The van der Waals surface area contributed by atoms with Gasteiger partial charge in [0, 0.05) is 6.54 Å². The second kappa shape index (κ2) is 2.63. The Labute approximate surface area is 71.8 Å². The van der Waals surface area contributed by atoms with Gasteiger partial charge in [-0.1, -0.05) is 6.07 Å². The minimum absolute atomic E-state index is 0.979. The lowest BCUT2D eigenvalue weighted by Crippen LogP contribution is -1.95. The second-order valence-electron chi connectivity index (χ2n) is 2.82. The Morgan fingerprint density at radius 1 is 1.58 bits per heavy atom. The Bertz CT molecular complexity index is 401. The summed E-state index contributed by atoms with van der Waals surface area (Å²) in [4.78, 5) is 4.42. The first-order valence-electron chi connectivity index (χ1n) is 4.16. The molecule has 2 aromatic rings. The molecule has 0 saturated carbocycles. The first-order valence-corrected chi connectivity index (χ1v) is 4.16. The third kappa shape index (κ3) is 0.916. The molecule has 12 heavy (non-hydrogen) atoms. The molecule has 0 N–H and O–H groups in total. The minimum Gasteiger partial charge on any atom is -0.329 e. The fourth-order valence-corrected chi connectivity index (χ4v) is 1.54. The molecular weight excluding hydrogens is 148 g/mol. The lowest BCUT2D eigenvalue weighted by atomic mass is 10.3. The molecule has 1 aromatic heterocycles. The maximum absolute atomic E-state index is 4.42. The Morgan fingerprint density at radius 3 is 3.17 bits per heavy atom. The molecule has 1 radical (unpaired) electrons. The van der Waals surface area contributed by atoms with Crippen molar-refractivity contribution in [1.82, 2.24) is 9.55 Å². The standard InChI is InChI=1S/C10H11N2/c1-3-12-8(2)11-9-6-4-5-7-10(9)12/h5-7H,3H2,1-2H3. The molecule has 61 valence electrons. The van der Waals surface area contributed by atoms with Crippen LogP contribution in [0.2, 0.25) is 0 Å². The van der Waals surface area contributed by atoms with E-state index in [2.05, 4.69) is 28.6 Å². The average molecular weight is 159 g/mol. The molecule has 0 unspecified atom stereocenters. The number of rotatable bonds is 1. The van der Waals surface area contributed by atoms with Crippen LogP contribution in [0, 0.1) is 13.0 Å². The van der Waals surface area contributed by atoms with Crippen molar-refractivity contribution < 1.29 is 0 Å². The highest BCUT2D eigenvalue weighted by Gasteiger charge is 2.02. The zero-order chi connectivity index (χ0) is 8.55. The summed E-state index contributed by atoms with van der Waals surface area (Å²) in [6, 6.07) is 8.93. The number of aromatic nitrogens is 2. The fraction of sp³-hybridized carbons (Fsp3) is 0.300. The van der Waals surface area contributed by atoms with Crippen molar-refractivity contribution in [2.24, 2.45) is 0 Å². The van der Waals surface area contributed by atoms with Gasteiger partial charge in [-0.25, -0.2) is 4.98 Å². The molecular formula is C10H11N2. The average Bonchev–Trinajstić information content (AvgIpc) is 2.40. The van der Waals surface area contributed by atoms with E-state index in [4.69, 9.17) is 0 Å². The van der Waals surface area contributed by atoms with Crippen molar-refractivity contribution in [1.29, 1.82) is 0 Å². The molecule has 2 nitrogen and oxygen atoms in total. The Hall–Kier alpha value is -1.31. The molecule has 0 aliphatic carbocycles. The lowest BCUT2D eigenvalue weighted by Gasteiger charge is -1.99. The monoisotopic (exact) mass is 159 g/mol. The van der Waals surface area contributed by atoms with Gasteiger partial charge in [-0.15, -0.1) is 0 Å². The molecule has 1 aromatic carbocycles. The number of imidazole rings is 1. The predicted molar refractivity (Wildman–Crippen MR) is 49.0 cm³/mol. The summed E-state index contributed by atoms with van der Waals surface area (Å²) in [7, 11) is 0. The summed E-state index contributed by atoms with van der Waals surface area (Å²) in [5.41, 5.74) is 2.24. The number of nitrogens with zero attached hydrogens (tertiary/aromatic N) is 2. The van der Waals surface area contributed by atoms with E-state index < -0.39 is 0 Å². The van der Waals surface area contributed by atoms with Crippen LogP contribution in [-0.2, 0) is 6.54 Å².